The molecular weight excluding hydrogens is 341 g/mol. The minimum Gasteiger partial charge on any atom is -0.368 e. The zero-order chi connectivity index (χ0) is 17.8. The van der Waals surface area contributed by atoms with Crippen molar-refractivity contribution in [2.45, 2.75) is 31.7 Å². The lowest BCUT2D eigenvalue weighted by Crippen LogP contribution is -2.52. The molecule has 0 saturated carbocycles. The van der Waals surface area contributed by atoms with Crippen LogP contribution in [-0.2, 0) is 16.0 Å². The number of amides is 2. The number of carbonyl (C=O) groups excluding carboxylic acids is 2. The van der Waals surface area contributed by atoms with Crippen LogP contribution in [0.1, 0.15) is 24.3 Å². The van der Waals surface area contributed by atoms with Crippen molar-refractivity contribution in [1.29, 1.82) is 0 Å². The average molecular weight is 362 g/mol. The van der Waals surface area contributed by atoms with E-state index in [9.17, 15) is 14.0 Å². The van der Waals surface area contributed by atoms with Crippen LogP contribution >= 0.6 is 11.3 Å². The molecule has 0 bridgehead atoms. The van der Waals surface area contributed by atoms with Gasteiger partial charge in [0.15, 0.2) is 0 Å². The fourth-order valence-corrected chi connectivity index (χ4v) is 4.22. The number of rotatable bonds is 6. The first-order chi connectivity index (χ1) is 12.1. The van der Waals surface area contributed by atoms with Crippen molar-refractivity contribution < 1.29 is 14.0 Å². The third-order valence-electron chi connectivity index (χ3n) is 4.63. The second kappa shape index (κ2) is 7.91. The Morgan fingerprint density at radius 2 is 2.20 bits per heavy atom. The molecule has 2 amide bonds. The van der Waals surface area contributed by atoms with Crippen LogP contribution in [0.4, 0.5) is 4.39 Å². The summed E-state index contributed by atoms with van der Waals surface area (Å²) in [7, 11) is 0. The molecule has 0 aliphatic carbocycles. The van der Waals surface area contributed by atoms with Gasteiger partial charge in [0.05, 0.1) is 28.3 Å². The van der Waals surface area contributed by atoms with Gasteiger partial charge in [-0.1, -0.05) is 12.1 Å². The molecule has 3 rings (SSSR count). The highest BCUT2D eigenvalue weighted by Crippen LogP contribution is 2.27. The molecule has 0 spiro atoms. The highest BCUT2D eigenvalue weighted by molar-refractivity contribution is 7.18. The Labute approximate surface area is 150 Å². The number of halogens is 1. The van der Waals surface area contributed by atoms with Crippen LogP contribution in [0.5, 0.6) is 0 Å². The Kier molecular flexibility index (Phi) is 5.63. The molecule has 2 aromatic rings. The zero-order valence-electron chi connectivity index (χ0n) is 13.9. The Balaban J connectivity index is 1.62. The number of fused-ring (bicyclic) bond motifs is 1. The normalized spacial score (nSPS) is 20.8. The van der Waals surface area contributed by atoms with Gasteiger partial charge in [0.2, 0.25) is 11.8 Å². The SMILES string of the molecule is NC(=O)[C@@H]1CC(CCF)CCN1C(=O)[CH]Cc1nc2ccccc2s1. The molecule has 1 radical (unpaired) electrons. The molecule has 1 aromatic heterocycles. The van der Waals surface area contributed by atoms with E-state index in [1.807, 2.05) is 24.3 Å². The maximum atomic E-state index is 12.5. The predicted octanol–water partition coefficient (Wildman–Crippen LogP) is 2.50. The highest BCUT2D eigenvalue weighted by Gasteiger charge is 2.34. The van der Waals surface area contributed by atoms with E-state index in [-0.39, 0.29) is 11.8 Å². The van der Waals surface area contributed by atoms with Gasteiger partial charge >= 0.3 is 0 Å². The number of nitrogens with two attached hydrogens (primary N) is 1. The summed E-state index contributed by atoms with van der Waals surface area (Å²) >= 11 is 1.55. The Morgan fingerprint density at radius 1 is 1.40 bits per heavy atom. The van der Waals surface area contributed by atoms with Gasteiger partial charge in [-0.3, -0.25) is 14.0 Å². The van der Waals surface area contributed by atoms with Gasteiger partial charge in [-0.2, -0.15) is 0 Å². The number of thiazole rings is 1. The Hall–Kier alpha value is -2.02. The molecule has 1 aromatic carbocycles. The van der Waals surface area contributed by atoms with Crippen LogP contribution in [0, 0.1) is 12.3 Å². The molecule has 2 atom stereocenters. The summed E-state index contributed by atoms with van der Waals surface area (Å²) < 4.78 is 13.6. The van der Waals surface area contributed by atoms with Crippen LogP contribution in [-0.4, -0.2) is 41.0 Å². The summed E-state index contributed by atoms with van der Waals surface area (Å²) in [5.74, 6) is -0.622. The molecule has 133 valence electrons. The maximum Gasteiger partial charge on any atom is 0.240 e. The van der Waals surface area contributed by atoms with E-state index in [1.165, 1.54) is 4.90 Å². The van der Waals surface area contributed by atoms with Crippen LogP contribution in [0.3, 0.4) is 0 Å². The molecule has 25 heavy (non-hydrogen) atoms. The second-order valence-electron chi connectivity index (χ2n) is 6.30. The molecule has 7 heteroatoms. The molecule has 1 unspecified atom stereocenters. The van der Waals surface area contributed by atoms with Crippen molar-refractivity contribution >= 4 is 33.4 Å². The summed E-state index contributed by atoms with van der Waals surface area (Å²) in [6.45, 7) is 0.0290. The van der Waals surface area contributed by atoms with Crippen molar-refractivity contribution in [2.24, 2.45) is 11.7 Å². The summed E-state index contributed by atoms with van der Waals surface area (Å²) in [6.07, 6.45) is 3.55. The third-order valence-corrected chi connectivity index (χ3v) is 5.69. The van der Waals surface area contributed by atoms with Gasteiger partial charge in [0.25, 0.3) is 0 Å². The number of primary amides is 1. The molecule has 1 aliphatic heterocycles. The number of hydrogen-bond acceptors (Lipinski definition) is 4. The van der Waals surface area contributed by atoms with E-state index in [4.69, 9.17) is 5.73 Å². The number of hydrogen-bond donors (Lipinski definition) is 1. The fourth-order valence-electron chi connectivity index (χ4n) is 3.29. The molecule has 5 nitrogen and oxygen atoms in total. The van der Waals surface area contributed by atoms with Crippen LogP contribution < -0.4 is 5.73 Å². The lowest BCUT2D eigenvalue weighted by molar-refractivity contribution is -0.139. The first-order valence-electron chi connectivity index (χ1n) is 8.42. The summed E-state index contributed by atoms with van der Waals surface area (Å²) in [4.78, 5) is 30.3. The van der Waals surface area contributed by atoms with Crippen molar-refractivity contribution in [3.05, 3.63) is 35.7 Å². The van der Waals surface area contributed by atoms with E-state index in [2.05, 4.69) is 4.98 Å². The lowest BCUT2D eigenvalue weighted by Gasteiger charge is -2.37. The number of likely N-dealkylation sites (tertiary alicyclic amines) is 1. The topological polar surface area (TPSA) is 76.3 Å². The number of para-hydroxylation sites is 1. The zero-order valence-corrected chi connectivity index (χ0v) is 14.7. The third kappa shape index (κ3) is 4.15. The second-order valence-corrected chi connectivity index (χ2v) is 7.42. The van der Waals surface area contributed by atoms with Gasteiger partial charge in [-0.15, -0.1) is 11.3 Å². The smallest absolute Gasteiger partial charge is 0.240 e. The molecule has 2 N–H and O–H groups in total. The van der Waals surface area contributed by atoms with E-state index in [0.717, 1.165) is 15.2 Å². The minimum absolute atomic E-state index is 0.107. The number of carbonyl (C=O) groups is 2. The Bertz CT molecular complexity index is 731. The molecule has 1 fully saturated rings. The maximum absolute atomic E-state index is 12.5. The first kappa shape index (κ1) is 17.8. The van der Waals surface area contributed by atoms with E-state index in [1.54, 1.807) is 17.8 Å². The summed E-state index contributed by atoms with van der Waals surface area (Å²) in [5.41, 5.74) is 6.38. The number of piperidine rings is 1. The van der Waals surface area contributed by atoms with Gasteiger partial charge in [0.1, 0.15) is 6.04 Å². The lowest BCUT2D eigenvalue weighted by atomic mass is 9.88. The quantitative estimate of drug-likeness (QED) is 0.858. The monoisotopic (exact) mass is 362 g/mol. The van der Waals surface area contributed by atoms with E-state index in [0.29, 0.717) is 32.2 Å². The van der Waals surface area contributed by atoms with Gasteiger partial charge in [0, 0.05) is 13.0 Å². The van der Waals surface area contributed by atoms with Gasteiger partial charge in [-0.05, 0) is 37.3 Å². The molecule has 1 aliphatic rings. The number of aromatic nitrogens is 1. The van der Waals surface area contributed by atoms with Gasteiger partial charge < -0.3 is 10.6 Å². The van der Waals surface area contributed by atoms with Crippen molar-refractivity contribution in [2.75, 3.05) is 13.2 Å². The van der Waals surface area contributed by atoms with E-state index >= 15 is 0 Å². The average Bonchev–Trinajstić information content (AvgIpc) is 3.03. The molecule has 2 heterocycles. The Morgan fingerprint density at radius 3 is 2.92 bits per heavy atom. The standard InChI is InChI=1S/C18H21FN3O2S/c19-9-7-12-8-10-22(14(11-12)18(20)24)17(23)6-5-16-21-13-3-1-2-4-15(13)25-16/h1-4,6,12,14H,5,7-11H2,(H2,20,24)/t12?,14-/m0/s1. The number of alkyl halides is 1. The van der Waals surface area contributed by atoms with Crippen molar-refractivity contribution in [1.82, 2.24) is 9.88 Å². The minimum atomic E-state index is -0.649. The number of benzene rings is 1. The fraction of sp³-hybridized carbons (Fsp3) is 0.444. The van der Waals surface area contributed by atoms with Crippen molar-refractivity contribution in [3.8, 4) is 0 Å². The van der Waals surface area contributed by atoms with Crippen LogP contribution in [0.15, 0.2) is 24.3 Å². The van der Waals surface area contributed by atoms with Crippen LogP contribution in [0.25, 0.3) is 10.2 Å². The summed E-state index contributed by atoms with van der Waals surface area (Å²) in [5, 5.41) is 0.859. The predicted molar refractivity (Wildman–Crippen MR) is 95.6 cm³/mol. The van der Waals surface area contributed by atoms with Crippen molar-refractivity contribution in [3.63, 3.8) is 0 Å². The number of nitrogens with zero attached hydrogens (tertiary/aromatic N) is 2. The van der Waals surface area contributed by atoms with Gasteiger partial charge in [-0.25, -0.2) is 4.98 Å². The van der Waals surface area contributed by atoms with E-state index < -0.39 is 18.6 Å². The first-order valence-corrected chi connectivity index (χ1v) is 9.23. The largest absolute Gasteiger partial charge is 0.368 e. The highest BCUT2D eigenvalue weighted by atomic mass is 32.1. The van der Waals surface area contributed by atoms with Crippen LogP contribution in [0.2, 0.25) is 0 Å². The summed E-state index contributed by atoms with van der Waals surface area (Å²) in [6, 6.07) is 7.18. The molecule has 1 saturated heterocycles. The molecular formula is C18H21FN3O2S.